The number of carbonyl (C=O) groups excluding carboxylic acids is 4. The highest BCUT2D eigenvalue weighted by Gasteiger charge is 2.24. The Morgan fingerprint density at radius 2 is 1.66 bits per heavy atom. The Balaban J connectivity index is 0.998. The lowest BCUT2D eigenvalue weighted by molar-refractivity contribution is -0.118. The van der Waals surface area contributed by atoms with Gasteiger partial charge in [0.25, 0.3) is 11.8 Å². The van der Waals surface area contributed by atoms with Gasteiger partial charge >= 0.3 is 0 Å². The van der Waals surface area contributed by atoms with Crippen molar-refractivity contribution in [2.24, 2.45) is 0 Å². The molecule has 6 aromatic rings. The topological polar surface area (TPSA) is 124 Å². The van der Waals surface area contributed by atoms with Crippen molar-refractivity contribution in [2.45, 2.75) is 39.0 Å². The number of unbranched alkanes of at least 4 members (excludes halogenated alkanes) is 2. The van der Waals surface area contributed by atoms with Crippen LogP contribution in [0.3, 0.4) is 0 Å². The quantitative estimate of drug-likeness (QED) is 0.0912. The molecule has 2 heterocycles. The second kappa shape index (κ2) is 16.1. The molecule has 10 heteroatoms. The van der Waals surface area contributed by atoms with E-state index in [0.29, 0.717) is 92.7 Å². The van der Waals surface area contributed by atoms with Crippen LogP contribution in [0.1, 0.15) is 79.1 Å². The number of hydrogen-bond acceptors (Lipinski definition) is 7. The van der Waals surface area contributed by atoms with Gasteiger partial charge in [-0.05, 0) is 109 Å². The number of hydrogen-bond donors (Lipinski definition) is 2. The molecule has 282 valence electrons. The van der Waals surface area contributed by atoms with Crippen LogP contribution < -0.4 is 25.2 Å². The van der Waals surface area contributed by atoms with E-state index >= 15 is 0 Å². The number of methoxy groups -OCH3 is 1. The van der Waals surface area contributed by atoms with E-state index in [4.69, 9.17) is 21.1 Å². The summed E-state index contributed by atoms with van der Waals surface area (Å²) in [5.41, 5.74) is 5.39. The zero-order valence-corrected chi connectivity index (χ0v) is 31.7. The lowest BCUT2D eigenvalue weighted by atomic mass is 9.89. The number of phenolic OH excluding ortho intramolecular Hbond substituents is 1. The number of benzene rings is 5. The Morgan fingerprint density at radius 3 is 2.43 bits per heavy atom. The number of carbonyl (C=O) groups is 4. The number of aromatic hydroxyl groups is 1. The van der Waals surface area contributed by atoms with Crippen molar-refractivity contribution in [2.75, 3.05) is 13.7 Å². The molecule has 2 N–H and O–H groups in total. The molecule has 1 aliphatic heterocycles. The number of ketones is 1. The van der Waals surface area contributed by atoms with Crippen LogP contribution in [0.2, 0.25) is 5.02 Å². The molecular weight excluding hydrogens is 728 g/mol. The predicted octanol–water partition coefficient (Wildman–Crippen LogP) is 7.68. The fraction of sp³-hybridized carbons (Fsp3) is 0.174. The summed E-state index contributed by atoms with van der Waals surface area (Å²) in [6.45, 7) is 6.25. The van der Waals surface area contributed by atoms with Gasteiger partial charge in [-0.1, -0.05) is 42.8 Å². The third kappa shape index (κ3) is 7.59. The fourth-order valence-corrected chi connectivity index (χ4v) is 7.37. The molecule has 0 unspecified atom stereocenters. The summed E-state index contributed by atoms with van der Waals surface area (Å²) in [7, 11) is 1.58. The van der Waals surface area contributed by atoms with Crippen LogP contribution in [-0.4, -0.2) is 47.2 Å². The van der Waals surface area contributed by atoms with Gasteiger partial charge in [0.2, 0.25) is 0 Å². The summed E-state index contributed by atoms with van der Waals surface area (Å²) < 4.78 is 13.2. The van der Waals surface area contributed by atoms with Gasteiger partial charge in [-0.25, -0.2) is 0 Å². The van der Waals surface area contributed by atoms with E-state index in [1.54, 1.807) is 78.4 Å². The first-order valence-corrected chi connectivity index (χ1v) is 18.7. The molecule has 5 aromatic carbocycles. The number of aromatic nitrogens is 1. The summed E-state index contributed by atoms with van der Waals surface area (Å²) in [6.07, 6.45) is 3.30. The Bertz CT molecular complexity index is 2660. The van der Waals surface area contributed by atoms with Crippen molar-refractivity contribution < 1.29 is 33.8 Å². The molecule has 7 rings (SSSR count). The third-order valence-electron chi connectivity index (χ3n) is 10.1. The maximum Gasteiger partial charge on any atom is 0.262 e. The Kier molecular flexibility index (Phi) is 10.9. The third-order valence-corrected chi connectivity index (χ3v) is 10.4. The average molecular weight is 767 g/mol. The van der Waals surface area contributed by atoms with Crippen molar-refractivity contribution in [1.29, 1.82) is 0 Å². The Morgan fingerprint density at radius 1 is 0.875 bits per heavy atom. The minimum Gasteiger partial charge on any atom is -0.508 e. The van der Waals surface area contributed by atoms with Crippen LogP contribution in [0, 0.1) is 6.92 Å². The molecule has 9 nitrogen and oxygen atoms in total. The number of nitrogens with one attached hydrogen (secondary N) is 1. The summed E-state index contributed by atoms with van der Waals surface area (Å²) in [5, 5.41) is 15.9. The van der Waals surface area contributed by atoms with Crippen LogP contribution in [0.15, 0.2) is 97.1 Å². The number of nitrogens with zero attached hydrogens (tertiary/aromatic N) is 1. The fourth-order valence-electron chi connectivity index (χ4n) is 7.24. The number of amides is 1. The van der Waals surface area contributed by atoms with Gasteiger partial charge in [-0.15, -0.1) is 0 Å². The van der Waals surface area contributed by atoms with Gasteiger partial charge in [0.05, 0.1) is 12.6 Å². The van der Waals surface area contributed by atoms with Gasteiger partial charge in [0.1, 0.15) is 28.8 Å². The number of ether oxygens (including phenoxy) is 2. The van der Waals surface area contributed by atoms with E-state index in [1.807, 2.05) is 31.2 Å². The first-order valence-electron chi connectivity index (χ1n) is 18.3. The number of Topliss-reactive ketones (excluding diaryl/α,β-unsaturated/α-hetero) is 1. The van der Waals surface area contributed by atoms with E-state index in [1.165, 1.54) is 6.07 Å². The van der Waals surface area contributed by atoms with E-state index in [9.17, 15) is 24.3 Å². The minimum atomic E-state index is -0.290. The predicted molar refractivity (Wildman–Crippen MR) is 217 cm³/mol. The SMILES string of the molecule is C=c1ccc2c(c1)Oc1cc(O)ccc1C=2c1cc(C(=O)NCCCCCC(=O)Cc2c(C)n(C(=O)c3ccc(Cl)cc3)c3ccc(OC)cc23)ccc1C=O. The first kappa shape index (κ1) is 37.8. The van der Waals surface area contributed by atoms with Crippen LogP contribution in [0.25, 0.3) is 23.1 Å². The second-order valence-corrected chi connectivity index (χ2v) is 14.2. The normalized spacial score (nSPS) is 11.7. The van der Waals surface area contributed by atoms with E-state index < -0.39 is 0 Å². The number of rotatable bonds is 13. The summed E-state index contributed by atoms with van der Waals surface area (Å²) in [5.74, 6) is 1.18. The molecular formula is C46H39ClN2O7. The summed E-state index contributed by atoms with van der Waals surface area (Å²) in [4.78, 5) is 52.6. The standard InChI is InChI=1S/C46H39ClN2O7/c1-27-8-17-36-42(21-27)56-43-24-34(52)15-18-37(43)44(36)39-22-30(9-10-31(39)26-50)45(53)48-20-6-4-5-7-33(51)23-38-28(2)49(41-19-16-35(55-3)25-40(38)41)46(54)29-11-13-32(47)14-12-29/h8-19,21-22,24-26,52H,1,4-7,20,23H2,2-3H3,(H,48,53). The van der Waals surface area contributed by atoms with Gasteiger partial charge < -0.3 is 19.9 Å². The van der Waals surface area contributed by atoms with Crippen molar-refractivity contribution in [3.05, 3.63) is 152 Å². The van der Waals surface area contributed by atoms with Crippen molar-refractivity contribution in [1.82, 2.24) is 9.88 Å². The highest BCUT2D eigenvalue weighted by molar-refractivity contribution is 6.30. The van der Waals surface area contributed by atoms with Crippen LogP contribution in [-0.2, 0) is 11.2 Å². The van der Waals surface area contributed by atoms with Crippen molar-refractivity contribution >= 4 is 58.5 Å². The highest BCUT2D eigenvalue weighted by atomic mass is 35.5. The van der Waals surface area contributed by atoms with Gasteiger partial charge in [0, 0.05) is 74.6 Å². The smallest absolute Gasteiger partial charge is 0.262 e. The molecule has 0 radical (unpaired) electrons. The summed E-state index contributed by atoms with van der Waals surface area (Å²) in [6, 6.07) is 27.5. The van der Waals surface area contributed by atoms with E-state index in [-0.39, 0.29) is 29.8 Å². The minimum absolute atomic E-state index is 0.0359. The molecule has 56 heavy (non-hydrogen) atoms. The molecule has 0 fully saturated rings. The molecule has 0 bridgehead atoms. The number of aldehydes is 1. The van der Waals surface area contributed by atoms with Crippen LogP contribution >= 0.6 is 11.6 Å². The molecule has 1 amide bonds. The molecule has 1 aliphatic rings. The molecule has 0 saturated heterocycles. The molecule has 0 atom stereocenters. The summed E-state index contributed by atoms with van der Waals surface area (Å²) >= 11 is 6.06. The van der Waals surface area contributed by atoms with E-state index in [0.717, 1.165) is 34.1 Å². The number of fused-ring (bicyclic) bond motifs is 3. The maximum absolute atomic E-state index is 13.6. The number of phenols is 1. The van der Waals surface area contributed by atoms with Crippen LogP contribution in [0.5, 0.6) is 23.0 Å². The zero-order chi connectivity index (χ0) is 39.5. The highest BCUT2D eigenvalue weighted by Crippen LogP contribution is 2.39. The Hall–Kier alpha value is -6.45. The Labute approximate surface area is 328 Å². The van der Waals surface area contributed by atoms with E-state index in [2.05, 4.69) is 11.9 Å². The lowest BCUT2D eigenvalue weighted by Gasteiger charge is -2.22. The maximum atomic E-state index is 13.6. The molecule has 0 saturated carbocycles. The van der Waals surface area contributed by atoms with Crippen LogP contribution in [0.4, 0.5) is 0 Å². The lowest BCUT2D eigenvalue weighted by Crippen LogP contribution is -2.25. The van der Waals surface area contributed by atoms with Crippen molar-refractivity contribution in [3.63, 3.8) is 0 Å². The van der Waals surface area contributed by atoms with Crippen molar-refractivity contribution in [3.8, 4) is 23.0 Å². The second-order valence-electron chi connectivity index (χ2n) is 13.8. The largest absolute Gasteiger partial charge is 0.508 e. The van der Waals surface area contributed by atoms with Gasteiger partial charge in [0.15, 0.2) is 6.29 Å². The first-order chi connectivity index (χ1) is 27.1. The van der Waals surface area contributed by atoms with Gasteiger partial charge in [-0.2, -0.15) is 0 Å². The molecule has 1 aromatic heterocycles. The average Bonchev–Trinajstić information content (AvgIpc) is 3.46. The monoisotopic (exact) mass is 766 g/mol. The molecule has 0 aliphatic carbocycles. The molecule has 0 spiro atoms. The zero-order valence-electron chi connectivity index (χ0n) is 31.0. The van der Waals surface area contributed by atoms with Gasteiger partial charge in [-0.3, -0.25) is 23.7 Å². The number of halogens is 1.